The largest absolute Gasteiger partial charge is 0.394 e. The van der Waals surface area contributed by atoms with E-state index < -0.39 is 12.1 Å². The number of hydrogen-bond acceptors (Lipinski definition) is 3. The molecule has 0 spiro atoms. The van der Waals surface area contributed by atoms with Crippen LogP contribution in [0.3, 0.4) is 0 Å². The highest BCUT2D eigenvalue weighted by Crippen LogP contribution is 2.17. The van der Waals surface area contributed by atoms with E-state index in [1.165, 1.54) is 257 Å². The number of allylic oxidation sites excluding steroid dienone is 3. The summed E-state index contributed by atoms with van der Waals surface area (Å²) in [5, 5.41) is 23.2. The van der Waals surface area contributed by atoms with E-state index in [9.17, 15) is 15.0 Å². The molecule has 59 heavy (non-hydrogen) atoms. The van der Waals surface area contributed by atoms with Crippen molar-refractivity contribution >= 4 is 5.91 Å². The van der Waals surface area contributed by atoms with Crippen molar-refractivity contribution in [1.29, 1.82) is 0 Å². The summed E-state index contributed by atoms with van der Waals surface area (Å²) in [6.45, 7) is 4.34. The zero-order chi connectivity index (χ0) is 42.8. The fourth-order valence-corrected chi connectivity index (χ4v) is 8.53. The molecule has 0 aromatic heterocycles. The molecule has 0 aliphatic rings. The molecule has 0 saturated carbocycles. The Labute approximate surface area is 370 Å². The van der Waals surface area contributed by atoms with Crippen molar-refractivity contribution in [3.05, 3.63) is 24.3 Å². The predicted molar refractivity (Wildman–Crippen MR) is 262 cm³/mol. The van der Waals surface area contributed by atoms with Crippen molar-refractivity contribution in [2.75, 3.05) is 6.61 Å². The van der Waals surface area contributed by atoms with E-state index in [4.69, 9.17) is 0 Å². The summed E-state index contributed by atoms with van der Waals surface area (Å²) >= 11 is 0. The quantitative estimate of drug-likeness (QED) is 0.0422. The SMILES string of the molecule is CCCCCCCCCCCCCC/C=C\CCCCCCCCCCCC(=O)NC(CO)C(O)/C=C/CCCCCCCCCCCCCCCCCCCCCC. The lowest BCUT2D eigenvalue weighted by molar-refractivity contribution is -0.123. The Bertz CT molecular complexity index is 855. The van der Waals surface area contributed by atoms with Gasteiger partial charge in [-0.05, 0) is 44.9 Å². The van der Waals surface area contributed by atoms with Gasteiger partial charge in [0.2, 0.25) is 5.91 Å². The molecule has 2 unspecified atom stereocenters. The summed E-state index contributed by atoms with van der Waals surface area (Å²) in [4.78, 5) is 12.5. The highest BCUT2D eigenvalue weighted by Gasteiger charge is 2.18. The molecule has 350 valence electrons. The van der Waals surface area contributed by atoms with E-state index in [2.05, 4.69) is 31.3 Å². The Morgan fingerprint density at radius 3 is 0.932 bits per heavy atom. The minimum atomic E-state index is -0.839. The van der Waals surface area contributed by atoms with Gasteiger partial charge < -0.3 is 15.5 Å². The number of carbonyl (C=O) groups excluding carboxylic acids is 1. The second-order valence-corrected chi connectivity index (χ2v) is 18.7. The van der Waals surface area contributed by atoms with Gasteiger partial charge in [0, 0.05) is 6.42 Å². The molecule has 0 bridgehead atoms. The fraction of sp³-hybridized carbons (Fsp3) is 0.909. The van der Waals surface area contributed by atoms with Gasteiger partial charge in [0.15, 0.2) is 0 Å². The summed E-state index contributed by atoms with van der Waals surface area (Å²) in [6, 6.07) is -0.622. The van der Waals surface area contributed by atoms with Crippen LogP contribution in [0.25, 0.3) is 0 Å². The number of aliphatic hydroxyl groups is 2. The first kappa shape index (κ1) is 57.9. The molecule has 0 rings (SSSR count). The van der Waals surface area contributed by atoms with Gasteiger partial charge in [0.05, 0.1) is 18.8 Å². The van der Waals surface area contributed by atoms with Crippen LogP contribution in [0.15, 0.2) is 24.3 Å². The number of nitrogens with one attached hydrogen (secondary N) is 1. The third-order valence-electron chi connectivity index (χ3n) is 12.7. The van der Waals surface area contributed by atoms with Gasteiger partial charge in [0.1, 0.15) is 0 Å². The molecule has 0 heterocycles. The average Bonchev–Trinajstić information content (AvgIpc) is 3.24. The molecule has 1 amide bonds. The molecule has 0 aliphatic carbocycles. The smallest absolute Gasteiger partial charge is 0.220 e. The summed E-state index contributed by atoms with van der Waals surface area (Å²) < 4.78 is 0. The van der Waals surface area contributed by atoms with Crippen molar-refractivity contribution in [1.82, 2.24) is 5.32 Å². The van der Waals surface area contributed by atoms with E-state index in [1.807, 2.05) is 6.08 Å². The Hall–Kier alpha value is -1.13. The van der Waals surface area contributed by atoms with Crippen molar-refractivity contribution < 1.29 is 15.0 Å². The maximum absolute atomic E-state index is 12.5. The molecule has 0 radical (unpaired) electrons. The topological polar surface area (TPSA) is 69.6 Å². The number of carbonyl (C=O) groups is 1. The van der Waals surface area contributed by atoms with Gasteiger partial charge in [-0.25, -0.2) is 0 Å². The van der Waals surface area contributed by atoms with Gasteiger partial charge in [-0.3, -0.25) is 4.79 Å². The number of hydrogen-bond donors (Lipinski definition) is 3. The van der Waals surface area contributed by atoms with Crippen LogP contribution in [0.2, 0.25) is 0 Å². The van der Waals surface area contributed by atoms with Gasteiger partial charge in [0.25, 0.3) is 0 Å². The van der Waals surface area contributed by atoms with E-state index in [1.54, 1.807) is 6.08 Å². The summed E-state index contributed by atoms with van der Waals surface area (Å²) in [7, 11) is 0. The van der Waals surface area contributed by atoms with Crippen molar-refractivity contribution in [3.63, 3.8) is 0 Å². The van der Waals surface area contributed by atoms with Crippen LogP contribution in [0.4, 0.5) is 0 Å². The normalized spacial score (nSPS) is 12.9. The number of aliphatic hydroxyl groups excluding tert-OH is 2. The zero-order valence-electron chi connectivity index (χ0n) is 40.3. The maximum atomic E-state index is 12.5. The summed E-state index contributed by atoms with van der Waals surface area (Å²) in [5.41, 5.74) is 0. The molecular weight excluding hydrogens is 723 g/mol. The lowest BCUT2D eigenvalue weighted by Crippen LogP contribution is -2.45. The van der Waals surface area contributed by atoms with Gasteiger partial charge >= 0.3 is 0 Å². The van der Waals surface area contributed by atoms with Crippen LogP contribution in [-0.2, 0) is 4.79 Å². The van der Waals surface area contributed by atoms with E-state index in [0.29, 0.717) is 6.42 Å². The lowest BCUT2D eigenvalue weighted by Gasteiger charge is -2.20. The molecule has 2 atom stereocenters. The third kappa shape index (κ3) is 47.8. The molecule has 0 aromatic rings. The van der Waals surface area contributed by atoms with Crippen LogP contribution in [0.1, 0.15) is 303 Å². The van der Waals surface area contributed by atoms with E-state index in [0.717, 1.165) is 25.7 Å². The summed E-state index contributed by atoms with van der Waals surface area (Å²) in [6.07, 6.45) is 67.6. The first-order valence-corrected chi connectivity index (χ1v) is 27.1. The van der Waals surface area contributed by atoms with Gasteiger partial charge in [-0.1, -0.05) is 276 Å². The van der Waals surface area contributed by atoms with Gasteiger partial charge in [-0.15, -0.1) is 0 Å². The highest BCUT2D eigenvalue weighted by atomic mass is 16.3. The zero-order valence-corrected chi connectivity index (χ0v) is 40.3. The van der Waals surface area contributed by atoms with Crippen LogP contribution in [0.5, 0.6) is 0 Å². The first-order chi connectivity index (χ1) is 29.2. The number of unbranched alkanes of at least 4 members (excludes halogenated alkanes) is 41. The minimum Gasteiger partial charge on any atom is -0.394 e. The average molecular weight is 830 g/mol. The van der Waals surface area contributed by atoms with Crippen LogP contribution in [0, 0.1) is 0 Å². The van der Waals surface area contributed by atoms with E-state index in [-0.39, 0.29) is 12.5 Å². The minimum absolute atomic E-state index is 0.0614. The van der Waals surface area contributed by atoms with Crippen LogP contribution in [-0.4, -0.2) is 34.9 Å². The van der Waals surface area contributed by atoms with Crippen molar-refractivity contribution in [2.24, 2.45) is 0 Å². The maximum Gasteiger partial charge on any atom is 0.220 e. The standard InChI is InChI=1S/C55H107NO3/c1-3-5-7-9-11-13-15-17-19-21-23-25-27-28-29-31-33-35-37-39-41-43-45-47-49-51-55(59)56-53(52-57)54(58)50-48-46-44-42-40-38-36-34-32-30-26-24-22-20-18-16-14-12-10-8-6-4-2/h28-29,48,50,53-54,57-58H,3-27,30-47,49,51-52H2,1-2H3,(H,56,59)/b29-28-,50-48+. The van der Waals surface area contributed by atoms with Crippen molar-refractivity contribution in [2.45, 2.75) is 315 Å². The molecule has 3 N–H and O–H groups in total. The molecule has 0 aliphatic heterocycles. The second kappa shape index (κ2) is 51.2. The molecule has 0 fully saturated rings. The fourth-order valence-electron chi connectivity index (χ4n) is 8.53. The summed E-state index contributed by atoms with van der Waals surface area (Å²) in [5.74, 6) is -0.0614. The van der Waals surface area contributed by atoms with Crippen LogP contribution >= 0.6 is 0 Å². The third-order valence-corrected chi connectivity index (χ3v) is 12.7. The molecule has 0 saturated heterocycles. The Kier molecular flexibility index (Phi) is 50.2. The predicted octanol–water partition coefficient (Wildman–Crippen LogP) is 17.5. The highest BCUT2D eigenvalue weighted by molar-refractivity contribution is 5.76. The Morgan fingerprint density at radius 2 is 0.644 bits per heavy atom. The van der Waals surface area contributed by atoms with Crippen LogP contribution < -0.4 is 5.32 Å². The lowest BCUT2D eigenvalue weighted by atomic mass is 10.0. The Morgan fingerprint density at radius 1 is 0.390 bits per heavy atom. The second-order valence-electron chi connectivity index (χ2n) is 18.7. The number of amides is 1. The number of rotatable bonds is 50. The molecular formula is C55H107NO3. The molecule has 4 nitrogen and oxygen atoms in total. The van der Waals surface area contributed by atoms with E-state index >= 15 is 0 Å². The molecule has 0 aromatic carbocycles. The van der Waals surface area contributed by atoms with Crippen molar-refractivity contribution in [3.8, 4) is 0 Å². The van der Waals surface area contributed by atoms with Gasteiger partial charge in [-0.2, -0.15) is 0 Å². The first-order valence-electron chi connectivity index (χ1n) is 27.1. The molecule has 4 heteroatoms. The monoisotopic (exact) mass is 830 g/mol. The Balaban J connectivity index is 3.49.